The largest absolute Gasteiger partial charge is 0.441 e. The average molecular weight is 209 g/mol. The van der Waals surface area contributed by atoms with Crippen LogP contribution in [0.5, 0.6) is 0 Å². The number of hydrogen-bond acceptors (Lipinski definition) is 3. The minimum absolute atomic E-state index is 0.0196. The van der Waals surface area contributed by atoms with E-state index in [2.05, 4.69) is 13.0 Å². The molecule has 4 atom stereocenters. The second-order valence-corrected chi connectivity index (χ2v) is 4.48. The molecule has 0 unspecified atom stereocenters. The van der Waals surface area contributed by atoms with Crippen LogP contribution in [0.3, 0.4) is 0 Å². The van der Waals surface area contributed by atoms with Gasteiger partial charge in [0.15, 0.2) is 6.10 Å². The molecule has 0 spiro atoms. The minimum Gasteiger partial charge on any atom is -0.441 e. The third-order valence-corrected chi connectivity index (χ3v) is 3.83. The third kappa shape index (κ3) is 1.03. The molecule has 2 heterocycles. The highest BCUT2D eigenvalue weighted by molar-refractivity contribution is 5.73. The molecular weight excluding hydrogens is 194 g/mol. The molecule has 4 heteroatoms. The molecule has 1 saturated heterocycles. The summed E-state index contributed by atoms with van der Waals surface area (Å²) in [5.41, 5.74) is 1.21. The van der Waals surface area contributed by atoms with Gasteiger partial charge in [0, 0.05) is 12.5 Å². The van der Waals surface area contributed by atoms with Gasteiger partial charge in [-0.1, -0.05) is 13.0 Å². The molecule has 0 aromatic heterocycles. The number of hydrogen-bond donors (Lipinski definition) is 1. The molecule has 1 saturated carbocycles. The standard InChI is InChI=1S/C11H15NO3/c1-2-6-7-4-3-5-12-8(7)10(9(6)13)15-11(12)14/h4,6,8-10,13H,2-3,5H2,1H3/t6-,8+,9+,10+/m1/s1. The summed E-state index contributed by atoms with van der Waals surface area (Å²) in [6.45, 7) is 2.79. The maximum atomic E-state index is 11.5. The van der Waals surface area contributed by atoms with Crippen molar-refractivity contribution in [2.75, 3.05) is 6.54 Å². The van der Waals surface area contributed by atoms with Crippen LogP contribution >= 0.6 is 0 Å². The van der Waals surface area contributed by atoms with E-state index in [1.54, 1.807) is 4.90 Å². The van der Waals surface area contributed by atoms with Crippen LogP contribution in [0.4, 0.5) is 4.79 Å². The van der Waals surface area contributed by atoms with Gasteiger partial charge in [-0.15, -0.1) is 0 Å². The van der Waals surface area contributed by atoms with E-state index in [9.17, 15) is 9.90 Å². The SMILES string of the molecule is CC[C@@H]1C2=CCCN3C(=O)O[C@H]([C@H]1O)[C@H]23. The number of carbonyl (C=O) groups is 1. The van der Waals surface area contributed by atoms with Crippen LogP contribution in [0.15, 0.2) is 11.6 Å². The summed E-state index contributed by atoms with van der Waals surface area (Å²) >= 11 is 0. The molecule has 0 radical (unpaired) electrons. The molecule has 0 aromatic carbocycles. The van der Waals surface area contributed by atoms with Crippen LogP contribution in [-0.4, -0.2) is 40.9 Å². The van der Waals surface area contributed by atoms with Crippen molar-refractivity contribution in [3.8, 4) is 0 Å². The lowest BCUT2D eigenvalue weighted by Gasteiger charge is -2.27. The van der Waals surface area contributed by atoms with E-state index in [1.807, 2.05) is 0 Å². The molecule has 1 N–H and O–H groups in total. The molecular formula is C11H15NO3. The Labute approximate surface area is 88.5 Å². The van der Waals surface area contributed by atoms with E-state index in [0.29, 0.717) is 0 Å². The fourth-order valence-electron chi connectivity index (χ4n) is 3.16. The highest BCUT2D eigenvalue weighted by Crippen LogP contribution is 2.44. The quantitative estimate of drug-likeness (QED) is 0.653. The van der Waals surface area contributed by atoms with Crippen LogP contribution < -0.4 is 0 Å². The number of amides is 1. The molecule has 82 valence electrons. The summed E-state index contributed by atoms with van der Waals surface area (Å²) in [6.07, 6.45) is 2.87. The molecule has 0 aromatic rings. The van der Waals surface area contributed by atoms with Gasteiger partial charge < -0.3 is 9.84 Å². The van der Waals surface area contributed by atoms with Gasteiger partial charge >= 0.3 is 6.09 Å². The summed E-state index contributed by atoms with van der Waals surface area (Å²) in [6, 6.07) is 0.0196. The number of ether oxygens (including phenoxy) is 1. The zero-order valence-electron chi connectivity index (χ0n) is 8.72. The van der Waals surface area contributed by atoms with Crippen molar-refractivity contribution in [3.05, 3.63) is 11.6 Å². The van der Waals surface area contributed by atoms with Crippen molar-refractivity contribution in [1.29, 1.82) is 0 Å². The summed E-state index contributed by atoms with van der Waals surface area (Å²) < 4.78 is 5.24. The molecule has 1 amide bonds. The van der Waals surface area contributed by atoms with E-state index < -0.39 is 6.10 Å². The highest BCUT2D eigenvalue weighted by atomic mass is 16.6. The van der Waals surface area contributed by atoms with Crippen molar-refractivity contribution in [2.24, 2.45) is 5.92 Å². The predicted molar refractivity (Wildman–Crippen MR) is 53.3 cm³/mol. The summed E-state index contributed by atoms with van der Waals surface area (Å²) in [5, 5.41) is 10.1. The zero-order valence-corrected chi connectivity index (χ0v) is 8.72. The summed E-state index contributed by atoms with van der Waals surface area (Å²) in [5.74, 6) is 0.177. The van der Waals surface area contributed by atoms with Crippen molar-refractivity contribution in [2.45, 2.75) is 38.0 Å². The smallest absolute Gasteiger partial charge is 0.410 e. The molecule has 3 aliphatic rings. The molecule has 1 aliphatic carbocycles. The van der Waals surface area contributed by atoms with Crippen molar-refractivity contribution < 1.29 is 14.6 Å². The third-order valence-electron chi connectivity index (χ3n) is 3.83. The molecule has 15 heavy (non-hydrogen) atoms. The maximum absolute atomic E-state index is 11.5. The zero-order chi connectivity index (χ0) is 10.6. The topological polar surface area (TPSA) is 49.8 Å². The fraction of sp³-hybridized carbons (Fsp3) is 0.727. The Morgan fingerprint density at radius 3 is 3.20 bits per heavy atom. The maximum Gasteiger partial charge on any atom is 0.410 e. The van der Waals surface area contributed by atoms with Crippen LogP contribution in [0.1, 0.15) is 19.8 Å². The van der Waals surface area contributed by atoms with E-state index in [0.717, 1.165) is 19.4 Å². The van der Waals surface area contributed by atoms with E-state index >= 15 is 0 Å². The van der Waals surface area contributed by atoms with Gasteiger partial charge in [-0.05, 0) is 18.4 Å². The lowest BCUT2D eigenvalue weighted by molar-refractivity contribution is 0.0218. The van der Waals surface area contributed by atoms with Crippen molar-refractivity contribution in [1.82, 2.24) is 4.90 Å². The van der Waals surface area contributed by atoms with Crippen LogP contribution in [-0.2, 0) is 4.74 Å². The molecule has 2 fully saturated rings. The number of carbonyl (C=O) groups excluding carboxylic acids is 1. The number of aliphatic hydroxyl groups excluding tert-OH is 1. The van der Waals surface area contributed by atoms with Gasteiger partial charge in [-0.2, -0.15) is 0 Å². The van der Waals surface area contributed by atoms with Crippen LogP contribution in [0.2, 0.25) is 0 Å². The first-order valence-corrected chi connectivity index (χ1v) is 5.59. The van der Waals surface area contributed by atoms with E-state index in [1.165, 1.54) is 5.57 Å². The van der Waals surface area contributed by atoms with Gasteiger partial charge in [0.1, 0.15) is 0 Å². The lowest BCUT2D eigenvalue weighted by Crippen LogP contribution is -2.39. The monoisotopic (exact) mass is 209 g/mol. The number of aliphatic hydroxyl groups is 1. The van der Waals surface area contributed by atoms with Gasteiger partial charge in [0.05, 0.1) is 12.1 Å². The van der Waals surface area contributed by atoms with Crippen LogP contribution in [0.25, 0.3) is 0 Å². The van der Waals surface area contributed by atoms with E-state index in [4.69, 9.17) is 4.74 Å². The number of nitrogens with zero attached hydrogens (tertiary/aromatic N) is 1. The molecule has 2 aliphatic heterocycles. The van der Waals surface area contributed by atoms with Crippen molar-refractivity contribution in [3.63, 3.8) is 0 Å². The first-order valence-electron chi connectivity index (χ1n) is 5.59. The summed E-state index contributed by atoms with van der Waals surface area (Å²) in [7, 11) is 0. The Bertz CT molecular complexity index is 339. The lowest BCUT2D eigenvalue weighted by atomic mass is 9.94. The Kier molecular flexibility index (Phi) is 1.83. The van der Waals surface area contributed by atoms with Crippen LogP contribution in [0, 0.1) is 5.92 Å². The predicted octanol–water partition coefficient (Wildman–Crippen LogP) is 0.907. The summed E-state index contributed by atoms with van der Waals surface area (Å²) in [4.78, 5) is 13.3. The normalized spacial score (nSPS) is 42.7. The molecule has 3 rings (SSSR count). The van der Waals surface area contributed by atoms with Gasteiger partial charge in [-0.25, -0.2) is 4.79 Å². The van der Waals surface area contributed by atoms with Gasteiger partial charge in [0.25, 0.3) is 0 Å². The highest BCUT2D eigenvalue weighted by Gasteiger charge is 2.56. The van der Waals surface area contributed by atoms with Crippen molar-refractivity contribution >= 4 is 6.09 Å². The van der Waals surface area contributed by atoms with Gasteiger partial charge in [0.2, 0.25) is 0 Å². The van der Waals surface area contributed by atoms with E-state index in [-0.39, 0.29) is 24.2 Å². The Morgan fingerprint density at radius 2 is 2.47 bits per heavy atom. The molecule has 0 bridgehead atoms. The first-order chi connectivity index (χ1) is 7.24. The first kappa shape index (κ1) is 9.21. The Hall–Kier alpha value is -1.03. The average Bonchev–Trinajstić information content (AvgIpc) is 2.70. The second kappa shape index (κ2) is 2.98. The van der Waals surface area contributed by atoms with Gasteiger partial charge in [-0.3, -0.25) is 4.90 Å². The molecule has 4 nitrogen and oxygen atoms in total. The Morgan fingerprint density at radius 1 is 1.67 bits per heavy atom. The second-order valence-electron chi connectivity index (χ2n) is 4.48. The fourth-order valence-corrected chi connectivity index (χ4v) is 3.16. The minimum atomic E-state index is -0.515. The number of rotatable bonds is 1. The Balaban J connectivity index is 2.02.